The van der Waals surface area contributed by atoms with Gasteiger partial charge in [0.25, 0.3) is 5.91 Å². The Kier molecular flexibility index (Phi) is 5.76. The van der Waals surface area contributed by atoms with E-state index in [-0.39, 0.29) is 11.7 Å². The first kappa shape index (κ1) is 16.0. The van der Waals surface area contributed by atoms with Gasteiger partial charge in [0.2, 0.25) is 0 Å². The lowest BCUT2D eigenvalue weighted by Gasteiger charge is -2.04. The highest BCUT2D eigenvalue weighted by Crippen LogP contribution is 2.26. The number of ether oxygens (including phenoxy) is 1. The standard InChI is InChI=1S/C13H15IN4O2S/c1-20-6-5-16-13-18-11(15)10(21-13)12(19)17-9-4-2-3-8(14)7-9/h2-4,7H,5-6,15H2,1H3,(H,16,18)(H,17,19). The molecule has 2 rings (SSSR count). The molecule has 1 aromatic heterocycles. The zero-order valence-corrected chi connectivity index (χ0v) is 14.3. The number of thiazole rings is 1. The molecular weight excluding hydrogens is 403 g/mol. The maximum absolute atomic E-state index is 12.2. The number of aromatic nitrogens is 1. The summed E-state index contributed by atoms with van der Waals surface area (Å²) < 4.78 is 5.99. The molecule has 4 N–H and O–H groups in total. The van der Waals surface area contributed by atoms with Crippen molar-refractivity contribution in [3.63, 3.8) is 0 Å². The minimum atomic E-state index is -0.258. The average Bonchev–Trinajstić information content (AvgIpc) is 2.80. The minimum absolute atomic E-state index is 0.225. The third kappa shape index (κ3) is 4.55. The molecule has 0 bridgehead atoms. The summed E-state index contributed by atoms with van der Waals surface area (Å²) in [4.78, 5) is 16.7. The summed E-state index contributed by atoms with van der Waals surface area (Å²) in [6, 6.07) is 7.54. The molecule has 0 aliphatic carbocycles. The summed E-state index contributed by atoms with van der Waals surface area (Å²) in [7, 11) is 1.62. The SMILES string of the molecule is COCCNc1nc(N)c(C(=O)Nc2cccc(I)c2)s1. The van der Waals surface area contributed by atoms with E-state index in [1.54, 1.807) is 7.11 Å². The molecule has 6 nitrogen and oxygen atoms in total. The van der Waals surface area contributed by atoms with Crippen LogP contribution in [-0.4, -0.2) is 31.2 Å². The predicted octanol–water partition coefficient (Wildman–Crippen LogP) is 2.64. The largest absolute Gasteiger partial charge is 0.383 e. The first-order valence-corrected chi connectivity index (χ1v) is 8.05. The lowest BCUT2D eigenvalue weighted by molar-refractivity contribution is 0.103. The lowest BCUT2D eigenvalue weighted by atomic mass is 10.3. The monoisotopic (exact) mass is 418 g/mol. The van der Waals surface area contributed by atoms with Crippen molar-refractivity contribution >= 4 is 56.5 Å². The van der Waals surface area contributed by atoms with Crippen molar-refractivity contribution in [2.24, 2.45) is 0 Å². The summed E-state index contributed by atoms with van der Waals surface area (Å²) in [5.74, 6) is -0.0326. The second-order valence-electron chi connectivity index (χ2n) is 4.12. The zero-order valence-electron chi connectivity index (χ0n) is 11.4. The number of amides is 1. The molecule has 0 atom stereocenters. The van der Waals surface area contributed by atoms with Gasteiger partial charge >= 0.3 is 0 Å². The van der Waals surface area contributed by atoms with E-state index in [1.807, 2.05) is 24.3 Å². The van der Waals surface area contributed by atoms with Gasteiger partial charge in [-0.3, -0.25) is 4.79 Å². The maximum atomic E-state index is 12.2. The Morgan fingerprint density at radius 3 is 3.05 bits per heavy atom. The first-order chi connectivity index (χ1) is 10.1. The van der Waals surface area contributed by atoms with Crippen molar-refractivity contribution in [1.29, 1.82) is 0 Å². The number of rotatable bonds is 6. The molecule has 0 radical (unpaired) electrons. The molecule has 0 aliphatic heterocycles. The number of benzene rings is 1. The van der Waals surface area contributed by atoms with E-state index in [0.29, 0.717) is 23.2 Å². The van der Waals surface area contributed by atoms with Gasteiger partial charge in [-0.05, 0) is 40.8 Å². The van der Waals surface area contributed by atoms with Gasteiger partial charge in [-0.2, -0.15) is 0 Å². The summed E-state index contributed by atoms with van der Waals surface area (Å²) in [5.41, 5.74) is 6.53. The summed E-state index contributed by atoms with van der Waals surface area (Å²) in [6.45, 7) is 1.17. The minimum Gasteiger partial charge on any atom is -0.383 e. The number of hydrogen-bond acceptors (Lipinski definition) is 6. The number of anilines is 3. The van der Waals surface area contributed by atoms with Crippen LogP contribution in [0.15, 0.2) is 24.3 Å². The molecule has 0 saturated carbocycles. The van der Waals surface area contributed by atoms with E-state index in [4.69, 9.17) is 10.5 Å². The summed E-state index contributed by atoms with van der Waals surface area (Å²) in [6.07, 6.45) is 0. The fraction of sp³-hybridized carbons (Fsp3) is 0.231. The summed E-state index contributed by atoms with van der Waals surface area (Å²) >= 11 is 3.41. The molecule has 0 spiro atoms. The van der Waals surface area contributed by atoms with Crippen LogP contribution >= 0.6 is 33.9 Å². The van der Waals surface area contributed by atoms with Crippen molar-refractivity contribution in [3.05, 3.63) is 32.7 Å². The van der Waals surface area contributed by atoms with Crippen LogP contribution in [0, 0.1) is 3.57 Å². The van der Waals surface area contributed by atoms with Crippen LogP contribution in [0.1, 0.15) is 9.67 Å². The zero-order chi connectivity index (χ0) is 15.2. The fourth-order valence-electron chi connectivity index (χ4n) is 1.58. The van der Waals surface area contributed by atoms with Gasteiger partial charge in [-0.25, -0.2) is 4.98 Å². The van der Waals surface area contributed by atoms with Crippen molar-refractivity contribution in [2.45, 2.75) is 0 Å². The van der Waals surface area contributed by atoms with Crippen LogP contribution in [-0.2, 0) is 4.74 Å². The van der Waals surface area contributed by atoms with Gasteiger partial charge in [-0.1, -0.05) is 17.4 Å². The van der Waals surface area contributed by atoms with Crippen molar-refractivity contribution in [2.75, 3.05) is 36.6 Å². The number of methoxy groups -OCH3 is 1. The van der Waals surface area contributed by atoms with Crippen LogP contribution in [0.2, 0.25) is 0 Å². The molecule has 2 aromatic rings. The van der Waals surface area contributed by atoms with E-state index >= 15 is 0 Å². The number of carbonyl (C=O) groups is 1. The second-order valence-corrected chi connectivity index (χ2v) is 6.36. The molecule has 1 heterocycles. The van der Waals surface area contributed by atoms with Crippen LogP contribution in [0.5, 0.6) is 0 Å². The Balaban J connectivity index is 2.05. The van der Waals surface area contributed by atoms with Crippen LogP contribution in [0.3, 0.4) is 0 Å². The van der Waals surface area contributed by atoms with Crippen molar-refractivity contribution in [1.82, 2.24) is 4.98 Å². The molecule has 0 saturated heterocycles. The Morgan fingerprint density at radius 1 is 1.52 bits per heavy atom. The number of nitrogen functional groups attached to an aromatic ring is 1. The highest BCUT2D eigenvalue weighted by molar-refractivity contribution is 14.1. The van der Waals surface area contributed by atoms with Gasteiger partial charge in [0.1, 0.15) is 10.7 Å². The predicted molar refractivity (Wildman–Crippen MR) is 94.0 cm³/mol. The number of nitrogens with zero attached hydrogens (tertiary/aromatic N) is 1. The molecule has 0 unspecified atom stereocenters. The quantitative estimate of drug-likeness (QED) is 0.496. The summed E-state index contributed by atoms with van der Waals surface area (Å²) in [5, 5.41) is 6.48. The maximum Gasteiger partial charge on any atom is 0.269 e. The van der Waals surface area contributed by atoms with E-state index < -0.39 is 0 Å². The van der Waals surface area contributed by atoms with Crippen LogP contribution < -0.4 is 16.4 Å². The third-order valence-electron chi connectivity index (χ3n) is 2.52. The molecule has 21 heavy (non-hydrogen) atoms. The topological polar surface area (TPSA) is 89.3 Å². The number of carbonyl (C=O) groups excluding carboxylic acids is 1. The molecule has 0 aliphatic rings. The van der Waals surface area contributed by atoms with E-state index in [2.05, 4.69) is 38.2 Å². The number of halogens is 1. The van der Waals surface area contributed by atoms with Crippen LogP contribution in [0.25, 0.3) is 0 Å². The van der Waals surface area contributed by atoms with E-state index in [9.17, 15) is 4.79 Å². The highest BCUT2D eigenvalue weighted by Gasteiger charge is 2.16. The van der Waals surface area contributed by atoms with Crippen molar-refractivity contribution in [3.8, 4) is 0 Å². The second kappa shape index (κ2) is 7.57. The fourth-order valence-corrected chi connectivity index (χ4v) is 2.93. The van der Waals surface area contributed by atoms with Gasteiger partial charge in [0.15, 0.2) is 5.13 Å². The molecule has 8 heteroatoms. The Hall–Kier alpha value is -1.39. The Morgan fingerprint density at radius 2 is 2.33 bits per heavy atom. The normalized spacial score (nSPS) is 10.4. The Labute approximate surface area is 140 Å². The molecule has 1 amide bonds. The lowest BCUT2D eigenvalue weighted by Crippen LogP contribution is -2.12. The Bertz CT molecular complexity index is 632. The number of nitrogens with one attached hydrogen (secondary N) is 2. The third-order valence-corrected chi connectivity index (χ3v) is 4.22. The molecular formula is C13H15IN4O2S. The van der Waals surface area contributed by atoms with Gasteiger partial charge in [-0.15, -0.1) is 0 Å². The van der Waals surface area contributed by atoms with Gasteiger partial charge < -0.3 is 21.1 Å². The van der Waals surface area contributed by atoms with Crippen LogP contribution in [0.4, 0.5) is 16.6 Å². The smallest absolute Gasteiger partial charge is 0.269 e. The van der Waals surface area contributed by atoms with Gasteiger partial charge in [0, 0.05) is 22.9 Å². The number of nitrogens with two attached hydrogens (primary N) is 1. The van der Waals surface area contributed by atoms with Crippen molar-refractivity contribution < 1.29 is 9.53 Å². The van der Waals surface area contributed by atoms with Gasteiger partial charge in [0.05, 0.1) is 6.61 Å². The first-order valence-electron chi connectivity index (χ1n) is 6.16. The average molecular weight is 418 g/mol. The molecule has 112 valence electrons. The highest BCUT2D eigenvalue weighted by atomic mass is 127. The molecule has 1 aromatic carbocycles. The van der Waals surface area contributed by atoms with E-state index in [1.165, 1.54) is 11.3 Å². The van der Waals surface area contributed by atoms with E-state index in [0.717, 1.165) is 9.26 Å². The molecule has 0 fully saturated rings. The number of hydrogen-bond donors (Lipinski definition) is 3.